The monoisotopic (exact) mass is 152 g/mol. The van der Waals surface area contributed by atoms with E-state index in [1.165, 1.54) is 22.3 Å². The first-order chi connectivity index (χ1) is 5.09. The van der Waals surface area contributed by atoms with Crippen molar-refractivity contribution < 1.29 is 5.11 Å². The first kappa shape index (κ1) is 8.54. The molecule has 62 valence electrons. The molecule has 0 aliphatic heterocycles. The molecule has 1 unspecified atom stereocenters. The molecule has 1 heteroatoms. The second-order valence-corrected chi connectivity index (χ2v) is 3.34. The van der Waals surface area contributed by atoms with Crippen LogP contribution in [0.4, 0.5) is 0 Å². The maximum atomic E-state index is 9.06. The van der Waals surface area contributed by atoms with Gasteiger partial charge in [-0.2, -0.15) is 0 Å². The van der Waals surface area contributed by atoms with Crippen molar-refractivity contribution >= 4 is 0 Å². The van der Waals surface area contributed by atoms with Gasteiger partial charge in [0.05, 0.1) is 6.61 Å². The summed E-state index contributed by atoms with van der Waals surface area (Å²) in [6, 6.07) is 0. The number of hydrogen-bond acceptors (Lipinski definition) is 1. The van der Waals surface area contributed by atoms with Crippen molar-refractivity contribution in [2.24, 2.45) is 5.92 Å². The highest BCUT2D eigenvalue weighted by Gasteiger charge is 2.21. The summed E-state index contributed by atoms with van der Waals surface area (Å²) in [5.74, 6) is 0.458. The van der Waals surface area contributed by atoms with E-state index < -0.39 is 0 Å². The van der Waals surface area contributed by atoms with Crippen molar-refractivity contribution in [1.29, 1.82) is 0 Å². The number of rotatable bonds is 1. The lowest BCUT2D eigenvalue weighted by Gasteiger charge is -2.08. The van der Waals surface area contributed by atoms with Gasteiger partial charge < -0.3 is 5.11 Å². The number of allylic oxidation sites excluding steroid dienone is 3. The van der Waals surface area contributed by atoms with Gasteiger partial charge >= 0.3 is 0 Å². The molecule has 0 aromatic rings. The molecule has 1 aliphatic carbocycles. The Morgan fingerprint density at radius 3 is 1.91 bits per heavy atom. The smallest absolute Gasteiger partial charge is 0.0653 e. The SMILES string of the molecule is CC1=C(C)C(C)C(CO)=C1C. The average molecular weight is 152 g/mol. The van der Waals surface area contributed by atoms with Gasteiger partial charge in [-0.05, 0) is 37.5 Å². The molecule has 11 heavy (non-hydrogen) atoms. The highest BCUT2D eigenvalue weighted by Crippen LogP contribution is 2.35. The average Bonchev–Trinajstić information content (AvgIpc) is 2.17. The number of aliphatic hydroxyl groups excluding tert-OH is 1. The van der Waals surface area contributed by atoms with Crippen molar-refractivity contribution in [3.05, 3.63) is 22.3 Å². The molecule has 0 bridgehead atoms. The zero-order valence-corrected chi connectivity index (χ0v) is 7.73. The lowest BCUT2D eigenvalue weighted by atomic mass is 9.99. The third kappa shape index (κ3) is 1.14. The predicted molar refractivity (Wildman–Crippen MR) is 47.3 cm³/mol. The highest BCUT2D eigenvalue weighted by molar-refractivity contribution is 5.46. The van der Waals surface area contributed by atoms with Crippen LogP contribution in [-0.4, -0.2) is 11.7 Å². The molecule has 0 aromatic heterocycles. The zero-order valence-electron chi connectivity index (χ0n) is 7.73. The lowest BCUT2D eigenvalue weighted by Crippen LogP contribution is -2.01. The van der Waals surface area contributed by atoms with Gasteiger partial charge in [0, 0.05) is 5.92 Å². The summed E-state index contributed by atoms with van der Waals surface area (Å²) in [5.41, 5.74) is 5.26. The van der Waals surface area contributed by atoms with E-state index in [9.17, 15) is 0 Å². The van der Waals surface area contributed by atoms with Gasteiger partial charge in [-0.25, -0.2) is 0 Å². The third-order valence-electron chi connectivity index (χ3n) is 2.98. The Morgan fingerprint density at radius 2 is 1.73 bits per heavy atom. The maximum absolute atomic E-state index is 9.06. The second-order valence-electron chi connectivity index (χ2n) is 3.34. The van der Waals surface area contributed by atoms with Gasteiger partial charge in [-0.3, -0.25) is 0 Å². The van der Waals surface area contributed by atoms with E-state index >= 15 is 0 Å². The Labute approximate surface area is 68.4 Å². The van der Waals surface area contributed by atoms with E-state index in [-0.39, 0.29) is 6.61 Å². The van der Waals surface area contributed by atoms with Gasteiger partial charge in [0.1, 0.15) is 0 Å². The number of aliphatic hydroxyl groups is 1. The summed E-state index contributed by atoms with van der Waals surface area (Å²) in [7, 11) is 0. The van der Waals surface area contributed by atoms with Crippen LogP contribution in [0.2, 0.25) is 0 Å². The summed E-state index contributed by atoms with van der Waals surface area (Å²) in [4.78, 5) is 0. The van der Waals surface area contributed by atoms with Crippen LogP contribution in [0.15, 0.2) is 22.3 Å². The molecule has 0 saturated carbocycles. The topological polar surface area (TPSA) is 20.2 Å². The fourth-order valence-corrected chi connectivity index (χ4v) is 1.70. The summed E-state index contributed by atoms with van der Waals surface area (Å²) in [6.45, 7) is 8.73. The summed E-state index contributed by atoms with van der Waals surface area (Å²) < 4.78 is 0. The minimum Gasteiger partial charge on any atom is -0.392 e. The summed E-state index contributed by atoms with van der Waals surface area (Å²) in [5, 5.41) is 9.06. The standard InChI is InChI=1S/C10H16O/c1-6-7(2)9(4)10(5-11)8(6)3/h8,11H,5H2,1-4H3. The van der Waals surface area contributed by atoms with Crippen molar-refractivity contribution in [2.45, 2.75) is 27.7 Å². The van der Waals surface area contributed by atoms with E-state index in [4.69, 9.17) is 5.11 Å². The van der Waals surface area contributed by atoms with Crippen LogP contribution >= 0.6 is 0 Å². The van der Waals surface area contributed by atoms with Crippen LogP contribution < -0.4 is 0 Å². The quantitative estimate of drug-likeness (QED) is 0.611. The molecule has 0 spiro atoms. The minimum atomic E-state index is 0.210. The van der Waals surface area contributed by atoms with Gasteiger partial charge in [0.2, 0.25) is 0 Å². The van der Waals surface area contributed by atoms with E-state index in [2.05, 4.69) is 27.7 Å². The molecule has 0 aromatic carbocycles. The minimum absolute atomic E-state index is 0.210. The molecule has 0 amide bonds. The summed E-state index contributed by atoms with van der Waals surface area (Å²) >= 11 is 0. The van der Waals surface area contributed by atoms with Crippen molar-refractivity contribution in [3.63, 3.8) is 0 Å². The Kier molecular flexibility index (Phi) is 2.19. The fourth-order valence-electron chi connectivity index (χ4n) is 1.70. The van der Waals surface area contributed by atoms with Gasteiger partial charge in [-0.15, -0.1) is 0 Å². The molecule has 0 saturated heterocycles. The van der Waals surface area contributed by atoms with Crippen LogP contribution in [0.5, 0.6) is 0 Å². The predicted octanol–water partition coefficient (Wildman–Crippen LogP) is 2.28. The Hall–Kier alpha value is -0.560. The van der Waals surface area contributed by atoms with E-state index in [0.29, 0.717) is 5.92 Å². The molecule has 0 heterocycles. The highest BCUT2D eigenvalue weighted by atomic mass is 16.3. The zero-order chi connectivity index (χ0) is 8.59. The second kappa shape index (κ2) is 2.82. The number of hydrogen-bond donors (Lipinski definition) is 1. The lowest BCUT2D eigenvalue weighted by molar-refractivity contribution is 0.320. The van der Waals surface area contributed by atoms with E-state index in [1.807, 2.05) is 0 Å². The molecule has 1 rings (SSSR count). The molecule has 0 radical (unpaired) electrons. The molecule has 1 atom stereocenters. The van der Waals surface area contributed by atoms with Crippen LogP contribution in [0.3, 0.4) is 0 Å². The molecule has 1 aliphatic rings. The van der Waals surface area contributed by atoms with E-state index in [1.54, 1.807) is 0 Å². The summed E-state index contributed by atoms with van der Waals surface area (Å²) in [6.07, 6.45) is 0. The molecule has 1 nitrogen and oxygen atoms in total. The molecule has 0 fully saturated rings. The Bertz CT molecular complexity index is 233. The van der Waals surface area contributed by atoms with Crippen molar-refractivity contribution in [2.75, 3.05) is 6.61 Å². The molecular weight excluding hydrogens is 136 g/mol. The Balaban J connectivity index is 3.04. The first-order valence-electron chi connectivity index (χ1n) is 4.07. The first-order valence-corrected chi connectivity index (χ1v) is 4.07. The van der Waals surface area contributed by atoms with Gasteiger partial charge in [-0.1, -0.05) is 12.5 Å². The van der Waals surface area contributed by atoms with E-state index in [0.717, 1.165) is 0 Å². The van der Waals surface area contributed by atoms with Crippen molar-refractivity contribution in [3.8, 4) is 0 Å². The largest absolute Gasteiger partial charge is 0.392 e. The van der Waals surface area contributed by atoms with Crippen LogP contribution in [0.25, 0.3) is 0 Å². The Morgan fingerprint density at radius 1 is 1.18 bits per heavy atom. The van der Waals surface area contributed by atoms with Gasteiger partial charge in [0.15, 0.2) is 0 Å². The third-order valence-corrected chi connectivity index (χ3v) is 2.98. The fraction of sp³-hybridized carbons (Fsp3) is 0.600. The van der Waals surface area contributed by atoms with Gasteiger partial charge in [0.25, 0.3) is 0 Å². The normalized spacial score (nSPS) is 25.4. The molecule has 1 N–H and O–H groups in total. The molecular formula is C10H16O. The van der Waals surface area contributed by atoms with Crippen LogP contribution in [0.1, 0.15) is 27.7 Å². The van der Waals surface area contributed by atoms with Crippen LogP contribution in [0, 0.1) is 5.92 Å². The van der Waals surface area contributed by atoms with Crippen LogP contribution in [-0.2, 0) is 0 Å². The maximum Gasteiger partial charge on any atom is 0.0653 e. The van der Waals surface area contributed by atoms with Crippen molar-refractivity contribution in [1.82, 2.24) is 0 Å².